The Hall–Kier alpha value is -2.75. The van der Waals surface area contributed by atoms with Crippen LogP contribution in [0.4, 0.5) is 5.69 Å². The largest absolute Gasteiger partial charge is 0.353 e. The summed E-state index contributed by atoms with van der Waals surface area (Å²) in [5.74, 6) is 1.37. The Morgan fingerprint density at radius 2 is 2.00 bits per heavy atom. The number of rotatable bonds is 9. The normalized spacial score (nSPS) is 19.0. The molecule has 33 heavy (non-hydrogen) atoms. The molecule has 2 heterocycles. The van der Waals surface area contributed by atoms with Crippen molar-refractivity contribution in [2.45, 2.75) is 31.6 Å². The number of hydrogen-bond donors (Lipinski definition) is 3. The standard InChI is InChI=1S/C24H33N5O3S/c1-4-18(2)5-10-22-19(3)25-17-26-24(22)29-15-13-28(14-16-29)12-11-23(30)27-20-6-8-21(9-7-20)33(31)32/h5-10,17-18H,3-4,11-16H2,1-2H3,(H,25,26)(H,27,30)(H,31,32)/b10-5-. The lowest BCUT2D eigenvalue weighted by molar-refractivity contribution is -0.116. The SMILES string of the molecule is C=C1NC=NC(N2CCN(CCC(=O)Nc3ccc(S(=O)O)cc3)CC2)=C1/C=C\C(C)CC. The molecule has 1 aromatic rings. The van der Waals surface area contributed by atoms with Crippen LogP contribution in [0.1, 0.15) is 26.7 Å². The Labute approximate surface area is 198 Å². The van der Waals surface area contributed by atoms with Crippen molar-refractivity contribution in [3.63, 3.8) is 0 Å². The number of piperazine rings is 1. The molecule has 8 nitrogen and oxygen atoms in total. The summed E-state index contributed by atoms with van der Waals surface area (Å²) in [6.45, 7) is 12.6. The van der Waals surface area contributed by atoms with Crippen molar-refractivity contribution >= 4 is 29.0 Å². The summed E-state index contributed by atoms with van der Waals surface area (Å²) in [5.41, 5.74) is 2.51. The van der Waals surface area contributed by atoms with E-state index in [9.17, 15) is 9.00 Å². The van der Waals surface area contributed by atoms with E-state index >= 15 is 0 Å². The van der Waals surface area contributed by atoms with E-state index in [1.54, 1.807) is 18.5 Å². The van der Waals surface area contributed by atoms with Crippen molar-refractivity contribution in [3.8, 4) is 0 Å². The monoisotopic (exact) mass is 471 g/mol. The zero-order chi connectivity index (χ0) is 23.8. The molecule has 1 fully saturated rings. The molecule has 0 spiro atoms. The molecule has 1 aromatic carbocycles. The molecule has 0 saturated carbocycles. The van der Waals surface area contributed by atoms with E-state index < -0.39 is 11.1 Å². The van der Waals surface area contributed by atoms with Gasteiger partial charge in [0.25, 0.3) is 0 Å². The van der Waals surface area contributed by atoms with Crippen molar-refractivity contribution in [1.29, 1.82) is 0 Å². The topological polar surface area (TPSA) is 97.3 Å². The minimum absolute atomic E-state index is 0.0743. The van der Waals surface area contributed by atoms with Crippen molar-refractivity contribution < 1.29 is 13.6 Å². The van der Waals surface area contributed by atoms with Crippen LogP contribution in [0.2, 0.25) is 0 Å². The van der Waals surface area contributed by atoms with E-state index in [4.69, 9.17) is 4.55 Å². The van der Waals surface area contributed by atoms with Gasteiger partial charge >= 0.3 is 0 Å². The van der Waals surface area contributed by atoms with Crippen LogP contribution in [0.25, 0.3) is 0 Å². The van der Waals surface area contributed by atoms with Crippen LogP contribution in [0, 0.1) is 5.92 Å². The number of benzene rings is 1. The Morgan fingerprint density at radius 3 is 2.64 bits per heavy atom. The van der Waals surface area contributed by atoms with Gasteiger partial charge in [-0.1, -0.05) is 39.0 Å². The second kappa shape index (κ2) is 11.9. The highest BCUT2D eigenvalue weighted by atomic mass is 32.2. The fourth-order valence-electron chi connectivity index (χ4n) is 3.60. The fraction of sp³-hybridized carbons (Fsp3) is 0.417. The van der Waals surface area contributed by atoms with Crippen molar-refractivity contribution in [3.05, 3.63) is 60.1 Å². The van der Waals surface area contributed by atoms with E-state index in [1.807, 2.05) is 0 Å². The average molecular weight is 472 g/mol. The summed E-state index contributed by atoms with van der Waals surface area (Å²) in [4.78, 5) is 21.8. The zero-order valence-corrected chi connectivity index (χ0v) is 20.1. The third-order valence-electron chi connectivity index (χ3n) is 5.89. The highest BCUT2D eigenvalue weighted by Gasteiger charge is 2.23. The molecule has 3 N–H and O–H groups in total. The van der Waals surface area contributed by atoms with Gasteiger partial charge in [-0.05, 0) is 30.2 Å². The van der Waals surface area contributed by atoms with Crippen LogP contribution in [0.15, 0.2) is 70.0 Å². The van der Waals surface area contributed by atoms with E-state index in [-0.39, 0.29) is 5.91 Å². The minimum Gasteiger partial charge on any atom is -0.353 e. The lowest BCUT2D eigenvalue weighted by Gasteiger charge is -2.37. The Kier molecular flexibility index (Phi) is 8.99. The zero-order valence-electron chi connectivity index (χ0n) is 19.3. The molecule has 0 radical (unpaired) electrons. The van der Waals surface area contributed by atoms with Gasteiger partial charge in [0, 0.05) is 56.1 Å². The number of carbonyl (C=O) groups is 1. The number of amides is 1. The first kappa shape index (κ1) is 24.9. The first-order valence-corrected chi connectivity index (χ1v) is 12.4. The first-order valence-electron chi connectivity index (χ1n) is 11.3. The summed E-state index contributed by atoms with van der Waals surface area (Å²) in [7, 11) is 0. The second-order valence-electron chi connectivity index (χ2n) is 8.26. The summed E-state index contributed by atoms with van der Waals surface area (Å²) >= 11 is -2.02. The van der Waals surface area contributed by atoms with E-state index in [0.717, 1.165) is 49.7 Å². The molecule has 2 atom stereocenters. The number of hydrogen-bond acceptors (Lipinski definition) is 6. The molecule has 1 amide bonds. The molecule has 3 rings (SSSR count). The molecule has 0 bridgehead atoms. The van der Waals surface area contributed by atoms with Crippen LogP contribution >= 0.6 is 0 Å². The van der Waals surface area contributed by atoms with Crippen molar-refractivity contribution in [2.75, 3.05) is 38.0 Å². The number of aliphatic imine (C=N–C) groups is 1. The minimum atomic E-state index is -2.02. The van der Waals surface area contributed by atoms with Gasteiger partial charge in [0.2, 0.25) is 5.91 Å². The third-order valence-corrected chi connectivity index (χ3v) is 6.57. The molecular weight excluding hydrogens is 438 g/mol. The number of nitrogens with one attached hydrogen (secondary N) is 2. The van der Waals surface area contributed by atoms with Gasteiger partial charge in [-0.2, -0.15) is 0 Å². The van der Waals surface area contributed by atoms with Gasteiger partial charge in [-0.15, -0.1) is 0 Å². The second-order valence-corrected chi connectivity index (χ2v) is 9.23. The summed E-state index contributed by atoms with van der Waals surface area (Å²) in [6, 6.07) is 6.33. The lowest BCUT2D eigenvalue weighted by Crippen LogP contribution is -2.47. The fourth-order valence-corrected chi connectivity index (χ4v) is 3.97. The molecular formula is C24H33N5O3S. The summed E-state index contributed by atoms with van der Waals surface area (Å²) in [6.07, 6.45) is 7.49. The highest BCUT2D eigenvalue weighted by molar-refractivity contribution is 7.79. The van der Waals surface area contributed by atoms with Gasteiger partial charge in [0.1, 0.15) is 5.82 Å². The molecule has 1 saturated heterocycles. The van der Waals surface area contributed by atoms with Gasteiger partial charge in [-0.25, -0.2) is 9.20 Å². The quantitative estimate of drug-likeness (QED) is 0.479. The summed E-state index contributed by atoms with van der Waals surface area (Å²) < 4.78 is 20.1. The molecule has 2 unspecified atom stereocenters. The van der Waals surface area contributed by atoms with Crippen LogP contribution in [0.5, 0.6) is 0 Å². The number of anilines is 1. The van der Waals surface area contributed by atoms with Crippen molar-refractivity contribution in [2.24, 2.45) is 10.9 Å². The molecule has 2 aliphatic rings. The number of carbonyl (C=O) groups excluding carboxylic acids is 1. The van der Waals surface area contributed by atoms with Crippen LogP contribution < -0.4 is 10.6 Å². The van der Waals surface area contributed by atoms with E-state index in [0.29, 0.717) is 29.5 Å². The Balaban J connectivity index is 1.50. The number of nitrogens with zero attached hydrogens (tertiary/aromatic N) is 3. The molecule has 0 aliphatic carbocycles. The maximum Gasteiger partial charge on any atom is 0.225 e. The highest BCUT2D eigenvalue weighted by Crippen LogP contribution is 2.23. The molecule has 9 heteroatoms. The molecule has 2 aliphatic heterocycles. The first-order chi connectivity index (χ1) is 15.9. The predicted molar refractivity (Wildman–Crippen MR) is 133 cm³/mol. The van der Waals surface area contributed by atoms with E-state index in [2.05, 4.69) is 58.0 Å². The van der Waals surface area contributed by atoms with Gasteiger partial charge in [0.05, 0.1) is 11.2 Å². The predicted octanol–water partition coefficient (Wildman–Crippen LogP) is 3.17. The van der Waals surface area contributed by atoms with Gasteiger partial charge < -0.3 is 20.1 Å². The lowest BCUT2D eigenvalue weighted by atomic mass is 10.0. The third kappa shape index (κ3) is 7.12. The van der Waals surface area contributed by atoms with Crippen LogP contribution in [0.3, 0.4) is 0 Å². The van der Waals surface area contributed by atoms with E-state index in [1.165, 1.54) is 12.1 Å². The van der Waals surface area contributed by atoms with Gasteiger partial charge in [0.15, 0.2) is 11.1 Å². The van der Waals surface area contributed by atoms with Crippen LogP contribution in [-0.4, -0.2) is 63.5 Å². The van der Waals surface area contributed by atoms with Crippen molar-refractivity contribution in [1.82, 2.24) is 15.1 Å². The maximum atomic E-state index is 12.3. The summed E-state index contributed by atoms with van der Waals surface area (Å²) in [5, 5.41) is 5.95. The smallest absolute Gasteiger partial charge is 0.225 e. The molecule has 178 valence electrons. The Morgan fingerprint density at radius 1 is 1.30 bits per heavy atom. The Bertz CT molecular complexity index is 963. The maximum absolute atomic E-state index is 12.3. The van der Waals surface area contributed by atoms with Crippen LogP contribution in [-0.2, 0) is 15.9 Å². The van der Waals surface area contributed by atoms with Gasteiger partial charge in [-0.3, -0.25) is 9.69 Å². The molecule has 0 aromatic heterocycles. The number of allylic oxidation sites excluding steroid dienone is 2. The average Bonchev–Trinajstić information content (AvgIpc) is 2.82.